The lowest BCUT2D eigenvalue weighted by molar-refractivity contribution is 0.435. The van der Waals surface area contributed by atoms with E-state index >= 15 is 0 Å². The first-order chi connectivity index (χ1) is 7.70. The van der Waals surface area contributed by atoms with Crippen LogP contribution in [0.1, 0.15) is 26.7 Å². The van der Waals surface area contributed by atoms with E-state index in [2.05, 4.69) is 35.5 Å². The zero-order valence-corrected chi connectivity index (χ0v) is 10.3. The van der Waals surface area contributed by atoms with Crippen molar-refractivity contribution in [2.24, 2.45) is 11.8 Å². The molecule has 1 aromatic heterocycles. The van der Waals surface area contributed by atoms with Crippen molar-refractivity contribution in [2.45, 2.75) is 32.7 Å². The molecule has 0 saturated heterocycles. The predicted molar refractivity (Wildman–Crippen MR) is 68.8 cm³/mol. The molecule has 1 aromatic rings. The van der Waals surface area contributed by atoms with Crippen LogP contribution in [-0.4, -0.2) is 18.1 Å². The number of nitrogens with one attached hydrogen (secondary N) is 2. The minimum atomic E-state index is 0.601. The van der Waals surface area contributed by atoms with Crippen LogP contribution in [0.5, 0.6) is 0 Å². The molecule has 0 amide bonds. The average Bonchev–Trinajstić information content (AvgIpc) is 2.61. The third-order valence-corrected chi connectivity index (χ3v) is 3.84. The van der Waals surface area contributed by atoms with Gasteiger partial charge in [-0.05, 0) is 30.7 Å². The van der Waals surface area contributed by atoms with Crippen molar-refractivity contribution in [3.05, 3.63) is 18.5 Å². The zero-order chi connectivity index (χ0) is 11.5. The van der Waals surface area contributed by atoms with Gasteiger partial charge in [-0.1, -0.05) is 13.8 Å². The monoisotopic (exact) mass is 219 g/mol. The van der Waals surface area contributed by atoms with E-state index in [0.717, 1.165) is 23.2 Å². The van der Waals surface area contributed by atoms with Crippen molar-refractivity contribution in [1.29, 1.82) is 0 Å². The minimum absolute atomic E-state index is 0.601. The van der Waals surface area contributed by atoms with Crippen LogP contribution in [-0.2, 0) is 0 Å². The molecule has 0 aliphatic heterocycles. The molecule has 1 fully saturated rings. The zero-order valence-electron chi connectivity index (χ0n) is 10.3. The molecule has 0 aromatic carbocycles. The van der Waals surface area contributed by atoms with Gasteiger partial charge >= 0.3 is 0 Å². The summed E-state index contributed by atoms with van der Waals surface area (Å²) in [6.07, 6.45) is 6.34. The lowest BCUT2D eigenvalue weighted by Gasteiger charge is -2.20. The molecule has 0 bridgehead atoms. The fourth-order valence-corrected chi connectivity index (χ4v) is 2.44. The van der Waals surface area contributed by atoms with Gasteiger partial charge in [-0.3, -0.25) is 4.98 Å². The van der Waals surface area contributed by atoms with Gasteiger partial charge in [0.25, 0.3) is 0 Å². The Labute approximate surface area is 97.7 Å². The van der Waals surface area contributed by atoms with Crippen molar-refractivity contribution in [2.75, 3.05) is 17.7 Å². The summed E-state index contributed by atoms with van der Waals surface area (Å²) in [6, 6.07) is 2.71. The van der Waals surface area contributed by atoms with Crippen LogP contribution in [0.3, 0.4) is 0 Å². The third kappa shape index (κ3) is 2.29. The first-order valence-electron chi connectivity index (χ1n) is 6.10. The average molecular weight is 219 g/mol. The Bertz CT molecular complexity index is 351. The van der Waals surface area contributed by atoms with Crippen molar-refractivity contribution in [3.63, 3.8) is 0 Å². The van der Waals surface area contributed by atoms with E-state index in [-0.39, 0.29) is 0 Å². The summed E-state index contributed by atoms with van der Waals surface area (Å²) < 4.78 is 0. The van der Waals surface area contributed by atoms with Crippen LogP contribution in [0, 0.1) is 11.8 Å². The van der Waals surface area contributed by atoms with Crippen molar-refractivity contribution >= 4 is 11.4 Å². The van der Waals surface area contributed by atoms with Crippen LogP contribution in [0.25, 0.3) is 0 Å². The Morgan fingerprint density at radius 1 is 1.19 bits per heavy atom. The molecule has 0 radical (unpaired) electrons. The molecule has 3 atom stereocenters. The highest BCUT2D eigenvalue weighted by Gasteiger charge is 2.29. The smallest absolute Gasteiger partial charge is 0.0549 e. The topological polar surface area (TPSA) is 37.0 Å². The number of pyridine rings is 1. The van der Waals surface area contributed by atoms with E-state index in [1.165, 1.54) is 12.8 Å². The van der Waals surface area contributed by atoms with Crippen LogP contribution in [0.15, 0.2) is 18.5 Å². The summed E-state index contributed by atoms with van der Waals surface area (Å²) in [5.41, 5.74) is 2.18. The van der Waals surface area contributed by atoms with Crippen molar-refractivity contribution in [1.82, 2.24) is 4.98 Å². The molecule has 16 heavy (non-hydrogen) atoms. The quantitative estimate of drug-likeness (QED) is 0.820. The second kappa shape index (κ2) is 4.73. The van der Waals surface area contributed by atoms with Gasteiger partial charge in [0.2, 0.25) is 0 Å². The fourth-order valence-electron chi connectivity index (χ4n) is 2.44. The first kappa shape index (κ1) is 11.2. The largest absolute Gasteiger partial charge is 0.387 e. The fraction of sp³-hybridized carbons (Fsp3) is 0.615. The highest BCUT2D eigenvalue weighted by molar-refractivity contribution is 5.54. The molecular weight excluding hydrogens is 198 g/mol. The minimum Gasteiger partial charge on any atom is -0.387 e. The number of anilines is 2. The Hall–Kier alpha value is -1.25. The number of nitrogens with zero attached hydrogens (tertiary/aromatic N) is 1. The first-order valence-corrected chi connectivity index (χ1v) is 6.10. The molecule has 88 valence electrons. The lowest BCUT2D eigenvalue weighted by Crippen LogP contribution is -2.24. The van der Waals surface area contributed by atoms with E-state index in [1.54, 1.807) is 0 Å². The molecule has 1 aliphatic carbocycles. The Morgan fingerprint density at radius 2 is 1.94 bits per heavy atom. The van der Waals surface area contributed by atoms with Crippen molar-refractivity contribution < 1.29 is 0 Å². The van der Waals surface area contributed by atoms with Gasteiger partial charge in [-0.15, -0.1) is 0 Å². The van der Waals surface area contributed by atoms with Crippen LogP contribution >= 0.6 is 0 Å². The molecule has 2 rings (SSSR count). The summed E-state index contributed by atoms with van der Waals surface area (Å²) in [6.45, 7) is 4.68. The SMILES string of the molecule is CNc1cncc(NC2CCC(C)C2C)c1. The van der Waals surface area contributed by atoms with Gasteiger partial charge in [0.05, 0.1) is 23.8 Å². The molecule has 3 heteroatoms. The Kier molecular flexibility index (Phi) is 3.32. The standard InChI is InChI=1S/C13H21N3/c1-9-4-5-13(10(9)2)16-12-6-11(14-3)7-15-8-12/h6-10,13-14,16H,4-5H2,1-3H3. The Balaban J connectivity index is 2.03. The van der Waals surface area contributed by atoms with Crippen LogP contribution < -0.4 is 10.6 Å². The highest BCUT2D eigenvalue weighted by Crippen LogP contribution is 2.33. The van der Waals surface area contributed by atoms with Crippen LogP contribution in [0.4, 0.5) is 11.4 Å². The summed E-state index contributed by atoms with van der Waals surface area (Å²) in [4.78, 5) is 4.22. The second-order valence-corrected chi connectivity index (χ2v) is 4.88. The second-order valence-electron chi connectivity index (χ2n) is 4.88. The molecule has 1 saturated carbocycles. The third-order valence-electron chi connectivity index (χ3n) is 3.84. The van der Waals surface area contributed by atoms with Gasteiger partial charge in [-0.2, -0.15) is 0 Å². The van der Waals surface area contributed by atoms with E-state index in [9.17, 15) is 0 Å². The van der Waals surface area contributed by atoms with Gasteiger partial charge in [0.15, 0.2) is 0 Å². The molecule has 1 aliphatic rings. The van der Waals surface area contributed by atoms with Gasteiger partial charge in [-0.25, -0.2) is 0 Å². The van der Waals surface area contributed by atoms with Crippen molar-refractivity contribution in [3.8, 4) is 0 Å². The Morgan fingerprint density at radius 3 is 2.56 bits per heavy atom. The predicted octanol–water partition coefficient (Wildman–Crippen LogP) is 2.97. The molecule has 0 spiro atoms. The lowest BCUT2D eigenvalue weighted by atomic mass is 9.98. The van der Waals surface area contributed by atoms with E-state index in [1.807, 2.05) is 19.4 Å². The van der Waals surface area contributed by atoms with Gasteiger partial charge < -0.3 is 10.6 Å². The number of hydrogen-bond donors (Lipinski definition) is 2. The molecule has 1 heterocycles. The highest BCUT2D eigenvalue weighted by atomic mass is 15.0. The molecular formula is C13H21N3. The summed E-state index contributed by atoms with van der Waals surface area (Å²) in [7, 11) is 1.92. The van der Waals surface area contributed by atoms with E-state index in [0.29, 0.717) is 6.04 Å². The maximum Gasteiger partial charge on any atom is 0.0549 e. The summed E-state index contributed by atoms with van der Waals surface area (Å²) in [5.74, 6) is 1.58. The van der Waals surface area contributed by atoms with Gasteiger partial charge in [0, 0.05) is 13.1 Å². The van der Waals surface area contributed by atoms with Gasteiger partial charge in [0.1, 0.15) is 0 Å². The number of rotatable bonds is 3. The van der Waals surface area contributed by atoms with E-state index in [4.69, 9.17) is 0 Å². The number of aromatic nitrogens is 1. The van der Waals surface area contributed by atoms with E-state index < -0.39 is 0 Å². The van der Waals surface area contributed by atoms with Crippen LogP contribution in [0.2, 0.25) is 0 Å². The summed E-state index contributed by atoms with van der Waals surface area (Å²) in [5, 5.41) is 6.70. The molecule has 3 nitrogen and oxygen atoms in total. The normalized spacial score (nSPS) is 29.1. The maximum atomic E-state index is 4.22. The number of hydrogen-bond acceptors (Lipinski definition) is 3. The summed E-state index contributed by atoms with van der Waals surface area (Å²) >= 11 is 0. The maximum absolute atomic E-state index is 4.22. The molecule has 2 N–H and O–H groups in total. The molecule has 3 unspecified atom stereocenters.